The Morgan fingerprint density at radius 3 is 2.67 bits per heavy atom. The number of carboxylic acid groups (broad SMARTS) is 1. The van der Waals surface area contributed by atoms with Crippen LogP contribution in [-0.2, 0) is 9.59 Å². The number of aryl methyl sites for hydroxylation is 1. The Morgan fingerprint density at radius 1 is 1.38 bits per heavy atom. The molecule has 0 heterocycles. The number of ether oxygens (including phenoxy) is 1. The van der Waals surface area contributed by atoms with Gasteiger partial charge in [0, 0.05) is 6.42 Å². The van der Waals surface area contributed by atoms with Crippen molar-refractivity contribution >= 4 is 11.9 Å². The van der Waals surface area contributed by atoms with Gasteiger partial charge < -0.3 is 20.3 Å². The summed E-state index contributed by atoms with van der Waals surface area (Å²) < 4.78 is 5.49. The fraction of sp³-hybridized carbons (Fsp3) is 0.467. The number of carbonyl (C=O) groups is 2. The SMILES string of the molecule is Cc1cccc(OCCCC(=O)N[C@H](C(=O)O)[C@@H](C)O)c1. The minimum Gasteiger partial charge on any atom is -0.494 e. The summed E-state index contributed by atoms with van der Waals surface area (Å²) in [5, 5.41) is 20.4. The van der Waals surface area contributed by atoms with Gasteiger partial charge in [0.05, 0.1) is 12.7 Å². The lowest BCUT2D eigenvalue weighted by Crippen LogP contribution is -2.47. The smallest absolute Gasteiger partial charge is 0.328 e. The Labute approximate surface area is 123 Å². The molecule has 0 saturated heterocycles. The number of hydrogen-bond acceptors (Lipinski definition) is 4. The van der Waals surface area contributed by atoms with E-state index in [4.69, 9.17) is 9.84 Å². The minimum absolute atomic E-state index is 0.141. The number of rotatable bonds is 8. The van der Waals surface area contributed by atoms with Crippen molar-refractivity contribution in [1.29, 1.82) is 0 Å². The summed E-state index contributed by atoms with van der Waals surface area (Å²) in [7, 11) is 0. The van der Waals surface area contributed by atoms with Crippen LogP contribution >= 0.6 is 0 Å². The molecule has 1 aromatic rings. The third kappa shape index (κ3) is 6.27. The molecule has 21 heavy (non-hydrogen) atoms. The summed E-state index contributed by atoms with van der Waals surface area (Å²) in [4.78, 5) is 22.4. The number of aliphatic hydroxyl groups is 1. The zero-order chi connectivity index (χ0) is 15.8. The molecule has 0 aliphatic heterocycles. The number of carbonyl (C=O) groups excluding carboxylic acids is 1. The molecule has 0 unspecified atom stereocenters. The van der Waals surface area contributed by atoms with Gasteiger partial charge in [-0.3, -0.25) is 4.79 Å². The van der Waals surface area contributed by atoms with Crippen LogP contribution in [0, 0.1) is 6.92 Å². The largest absolute Gasteiger partial charge is 0.494 e. The fourth-order valence-electron chi connectivity index (χ4n) is 1.76. The normalized spacial score (nSPS) is 13.3. The van der Waals surface area contributed by atoms with E-state index in [1.165, 1.54) is 6.92 Å². The number of benzene rings is 1. The van der Waals surface area contributed by atoms with Gasteiger partial charge in [-0.15, -0.1) is 0 Å². The van der Waals surface area contributed by atoms with E-state index in [2.05, 4.69) is 5.32 Å². The number of hydrogen-bond donors (Lipinski definition) is 3. The average Bonchev–Trinajstić information content (AvgIpc) is 2.40. The first-order valence-electron chi connectivity index (χ1n) is 6.80. The highest BCUT2D eigenvalue weighted by Crippen LogP contribution is 2.12. The quantitative estimate of drug-likeness (QED) is 0.624. The molecule has 1 aromatic carbocycles. The van der Waals surface area contributed by atoms with E-state index in [0.717, 1.165) is 11.3 Å². The molecule has 0 saturated carbocycles. The van der Waals surface area contributed by atoms with Crippen molar-refractivity contribution in [2.45, 2.75) is 38.8 Å². The Bertz CT molecular complexity index is 487. The molecule has 116 valence electrons. The fourth-order valence-corrected chi connectivity index (χ4v) is 1.76. The van der Waals surface area contributed by atoms with Crippen LogP contribution in [0.2, 0.25) is 0 Å². The van der Waals surface area contributed by atoms with Crippen molar-refractivity contribution in [2.24, 2.45) is 0 Å². The van der Waals surface area contributed by atoms with Crippen LogP contribution in [-0.4, -0.2) is 40.8 Å². The summed E-state index contributed by atoms with van der Waals surface area (Å²) in [5.74, 6) is -0.937. The van der Waals surface area contributed by atoms with Crippen LogP contribution < -0.4 is 10.1 Å². The highest BCUT2D eigenvalue weighted by Gasteiger charge is 2.24. The van der Waals surface area contributed by atoms with Crippen LogP contribution in [0.15, 0.2) is 24.3 Å². The monoisotopic (exact) mass is 295 g/mol. The Hall–Kier alpha value is -2.08. The molecule has 2 atom stereocenters. The van der Waals surface area contributed by atoms with Crippen molar-refractivity contribution in [2.75, 3.05) is 6.61 Å². The van der Waals surface area contributed by atoms with Crippen molar-refractivity contribution in [1.82, 2.24) is 5.32 Å². The van der Waals surface area contributed by atoms with Crippen LogP contribution in [0.3, 0.4) is 0 Å². The lowest BCUT2D eigenvalue weighted by molar-refractivity contribution is -0.144. The van der Waals surface area contributed by atoms with E-state index >= 15 is 0 Å². The van der Waals surface area contributed by atoms with Gasteiger partial charge in [-0.1, -0.05) is 12.1 Å². The molecule has 3 N–H and O–H groups in total. The average molecular weight is 295 g/mol. The van der Waals surface area contributed by atoms with E-state index in [-0.39, 0.29) is 6.42 Å². The Kier molecular flexibility index (Phi) is 6.68. The molecular weight excluding hydrogens is 274 g/mol. The van der Waals surface area contributed by atoms with Crippen molar-refractivity contribution < 1.29 is 24.5 Å². The molecule has 0 fully saturated rings. The maximum absolute atomic E-state index is 11.6. The number of amides is 1. The Balaban J connectivity index is 2.29. The number of aliphatic hydroxyl groups excluding tert-OH is 1. The number of nitrogens with one attached hydrogen (secondary N) is 1. The van der Waals surface area contributed by atoms with Gasteiger partial charge in [0.2, 0.25) is 5.91 Å². The summed E-state index contributed by atoms with van der Waals surface area (Å²) in [6, 6.07) is 6.30. The summed E-state index contributed by atoms with van der Waals surface area (Å²) in [6.45, 7) is 3.64. The molecule has 0 bridgehead atoms. The van der Waals surface area contributed by atoms with E-state index in [1.54, 1.807) is 0 Å². The van der Waals surface area contributed by atoms with Gasteiger partial charge in [-0.25, -0.2) is 4.79 Å². The van der Waals surface area contributed by atoms with Crippen LogP contribution in [0.25, 0.3) is 0 Å². The topological polar surface area (TPSA) is 95.9 Å². The second kappa shape index (κ2) is 8.26. The third-order valence-electron chi connectivity index (χ3n) is 2.87. The van der Waals surface area contributed by atoms with E-state index in [1.807, 2.05) is 31.2 Å². The lowest BCUT2D eigenvalue weighted by Gasteiger charge is -2.16. The predicted octanol–water partition coefficient (Wildman–Crippen LogP) is 1.10. The molecular formula is C15H21NO5. The highest BCUT2D eigenvalue weighted by atomic mass is 16.5. The molecule has 6 heteroatoms. The van der Waals surface area contributed by atoms with E-state index < -0.39 is 24.0 Å². The molecule has 0 spiro atoms. The second-order valence-corrected chi connectivity index (χ2v) is 4.89. The maximum atomic E-state index is 11.6. The van der Waals surface area contributed by atoms with E-state index in [9.17, 15) is 14.7 Å². The van der Waals surface area contributed by atoms with Gasteiger partial charge in [0.1, 0.15) is 5.75 Å². The molecule has 1 rings (SSSR count). The van der Waals surface area contributed by atoms with Gasteiger partial charge in [-0.05, 0) is 38.0 Å². The van der Waals surface area contributed by atoms with Gasteiger partial charge in [-0.2, -0.15) is 0 Å². The zero-order valence-corrected chi connectivity index (χ0v) is 12.2. The van der Waals surface area contributed by atoms with Crippen LogP contribution in [0.1, 0.15) is 25.3 Å². The molecule has 0 aliphatic rings. The molecule has 0 aliphatic carbocycles. The number of carboxylic acids is 1. The van der Waals surface area contributed by atoms with Crippen LogP contribution in [0.5, 0.6) is 5.75 Å². The van der Waals surface area contributed by atoms with Gasteiger partial charge in [0.15, 0.2) is 6.04 Å². The van der Waals surface area contributed by atoms with Gasteiger partial charge in [0.25, 0.3) is 0 Å². The molecule has 0 radical (unpaired) electrons. The van der Waals surface area contributed by atoms with Crippen molar-refractivity contribution in [3.8, 4) is 5.75 Å². The summed E-state index contributed by atoms with van der Waals surface area (Å²) in [6.07, 6.45) is -0.538. The van der Waals surface area contributed by atoms with Crippen molar-refractivity contribution in [3.05, 3.63) is 29.8 Å². The Morgan fingerprint density at radius 2 is 2.10 bits per heavy atom. The first-order chi connectivity index (χ1) is 9.90. The molecule has 1 amide bonds. The summed E-state index contributed by atoms with van der Waals surface area (Å²) in [5.41, 5.74) is 1.09. The maximum Gasteiger partial charge on any atom is 0.328 e. The molecule has 6 nitrogen and oxygen atoms in total. The zero-order valence-electron chi connectivity index (χ0n) is 12.2. The van der Waals surface area contributed by atoms with Crippen LogP contribution in [0.4, 0.5) is 0 Å². The number of aliphatic carboxylic acids is 1. The first kappa shape index (κ1) is 17.0. The predicted molar refractivity (Wildman–Crippen MR) is 77.2 cm³/mol. The van der Waals surface area contributed by atoms with Crippen molar-refractivity contribution in [3.63, 3.8) is 0 Å². The first-order valence-corrected chi connectivity index (χ1v) is 6.80. The highest BCUT2D eigenvalue weighted by molar-refractivity contribution is 5.83. The second-order valence-electron chi connectivity index (χ2n) is 4.89. The standard InChI is InChI=1S/C15H21NO5/c1-10-5-3-6-12(9-10)21-8-4-7-13(18)16-14(11(2)17)15(19)20/h3,5-6,9,11,14,17H,4,7-8H2,1-2H3,(H,16,18)(H,19,20)/t11-,14+/m1/s1. The van der Waals surface area contributed by atoms with Gasteiger partial charge >= 0.3 is 5.97 Å². The molecule has 0 aromatic heterocycles. The third-order valence-corrected chi connectivity index (χ3v) is 2.87. The van der Waals surface area contributed by atoms with E-state index in [0.29, 0.717) is 13.0 Å². The minimum atomic E-state index is -1.28. The lowest BCUT2D eigenvalue weighted by atomic mass is 10.1. The summed E-state index contributed by atoms with van der Waals surface area (Å²) >= 11 is 0.